The van der Waals surface area contributed by atoms with Crippen molar-refractivity contribution in [2.24, 2.45) is 0 Å². The third-order valence-corrected chi connectivity index (χ3v) is 4.89. The van der Waals surface area contributed by atoms with E-state index in [0.29, 0.717) is 0 Å². The summed E-state index contributed by atoms with van der Waals surface area (Å²) in [5.41, 5.74) is 4.80. The van der Waals surface area contributed by atoms with Gasteiger partial charge in [-0.05, 0) is 36.6 Å². The fourth-order valence-corrected chi connectivity index (χ4v) is 3.60. The molecule has 2 nitrogen and oxygen atoms in total. The van der Waals surface area contributed by atoms with Crippen molar-refractivity contribution in [1.29, 1.82) is 0 Å². The Morgan fingerprint density at radius 3 is 2.04 bits per heavy atom. The molecule has 2 N–H and O–H groups in total. The second kappa shape index (κ2) is 6.04. The molecule has 0 saturated carbocycles. The number of rotatable bonds is 2. The Morgan fingerprint density at radius 1 is 0.750 bits per heavy atom. The summed E-state index contributed by atoms with van der Waals surface area (Å²) in [6.07, 6.45) is 0.968. The van der Waals surface area contributed by atoms with E-state index in [2.05, 4.69) is 102 Å². The van der Waals surface area contributed by atoms with E-state index in [-0.39, 0.29) is 11.6 Å². The van der Waals surface area contributed by atoms with E-state index in [1.165, 1.54) is 11.1 Å². The van der Waals surface area contributed by atoms with Gasteiger partial charge in [-0.3, -0.25) is 0 Å². The van der Waals surface area contributed by atoms with Gasteiger partial charge >= 0.3 is 0 Å². The van der Waals surface area contributed by atoms with Gasteiger partial charge in [0.1, 0.15) is 0 Å². The first kappa shape index (κ1) is 14.8. The normalized spacial score (nSPS) is 22.6. The maximum Gasteiger partial charge on any atom is 0.0620 e. The van der Waals surface area contributed by atoms with Crippen molar-refractivity contribution < 1.29 is 0 Å². The van der Waals surface area contributed by atoms with E-state index in [4.69, 9.17) is 0 Å². The van der Waals surface area contributed by atoms with Crippen LogP contribution >= 0.6 is 0 Å². The van der Waals surface area contributed by atoms with Crippen molar-refractivity contribution in [3.05, 3.63) is 96.1 Å². The van der Waals surface area contributed by atoms with Gasteiger partial charge in [0.05, 0.1) is 23.0 Å². The van der Waals surface area contributed by atoms with Gasteiger partial charge in [0.15, 0.2) is 0 Å². The molecule has 4 rings (SSSR count). The first-order chi connectivity index (χ1) is 11.7. The number of fused-ring (bicyclic) bond motifs is 1. The van der Waals surface area contributed by atoms with Crippen molar-refractivity contribution in [1.82, 2.24) is 0 Å². The van der Waals surface area contributed by atoms with E-state index >= 15 is 0 Å². The highest BCUT2D eigenvalue weighted by Gasteiger charge is 2.34. The third kappa shape index (κ3) is 2.76. The molecule has 3 aromatic rings. The van der Waals surface area contributed by atoms with Crippen LogP contribution < -0.4 is 10.6 Å². The molecule has 1 aliphatic heterocycles. The number of hydrogen-bond acceptors (Lipinski definition) is 2. The Morgan fingerprint density at radius 2 is 1.33 bits per heavy atom. The van der Waals surface area contributed by atoms with Crippen molar-refractivity contribution in [2.75, 3.05) is 10.6 Å². The van der Waals surface area contributed by atoms with E-state index in [9.17, 15) is 0 Å². The first-order valence-corrected chi connectivity index (χ1v) is 8.49. The summed E-state index contributed by atoms with van der Waals surface area (Å²) in [6, 6.07) is 30.2. The predicted octanol–water partition coefficient (Wildman–Crippen LogP) is 5.57. The van der Waals surface area contributed by atoms with E-state index in [1.807, 2.05) is 0 Å². The minimum absolute atomic E-state index is 0.138. The molecule has 120 valence electrons. The number of para-hydroxylation sites is 2. The fourth-order valence-electron chi connectivity index (χ4n) is 3.60. The summed E-state index contributed by atoms with van der Waals surface area (Å²) >= 11 is 0. The molecule has 2 atom stereocenters. The first-order valence-electron chi connectivity index (χ1n) is 8.49. The minimum Gasteiger partial charge on any atom is -0.376 e. The summed E-state index contributed by atoms with van der Waals surface area (Å²) in [7, 11) is 0. The van der Waals surface area contributed by atoms with E-state index in [0.717, 1.165) is 17.8 Å². The van der Waals surface area contributed by atoms with Crippen molar-refractivity contribution in [3.63, 3.8) is 0 Å². The highest BCUT2D eigenvalue weighted by atomic mass is 15.1. The maximum absolute atomic E-state index is 3.79. The molecule has 0 spiro atoms. The van der Waals surface area contributed by atoms with Crippen LogP contribution in [0.15, 0.2) is 84.9 Å². The molecule has 2 heteroatoms. The Bertz CT molecular complexity index is 814. The number of nitrogens with one attached hydrogen (secondary N) is 2. The Kier molecular flexibility index (Phi) is 3.73. The molecule has 3 aromatic carbocycles. The molecule has 24 heavy (non-hydrogen) atoms. The zero-order valence-electron chi connectivity index (χ0n) is 13.9. The second-order valence-electron chi connectivity index (χ2n) is 6.68. The van der Waals surface area contributed by atoms with Gasteiger partial charge in [-0.2, -0.15) is 0 Å². The van der Waals surface area contributed by atoms with Crippen LogP contribution in [0.5, 0.6) is 0 Å². The Labute approximate surface area is 143 Å². The number of benzene rings is 3. The van der Waals surface area contributed by atoms with Crippen LogP contribution in [0.1, 0.15) is 30.5 Å². The lowest BCUT2D eigenvalue weighted by Crippen LogP contribution is -2.33. The lowest BCUT2D eigenvalue weighted by molar-refractivity contribution is 0.464. The zero-order chi connectivity index (χ0) is 16.4. The molecular weight excluding hydrogens is 292 g/mol. The molecule has 0 aromatic heterocycles. The van der Waals surface area contributed by atoms with Crippen molar-refractivity contribution >= 4 is 11.4 Å². The van der Waals surface area contributed by atoms with Crippen LogP contribution in [0, 0.1) is 0 Å². The van der Waals surface area contributed by atoms with Crippen LogP contribution in [0.4, 0.5) is 11.4 Å². The molecule has 0 radical (unpaired) electrons. The molecule has 1 heterocycles. The van der Waals surface area contributed by atoms with Crippen LogP contribution in [0.3, 0.4) is 0 Å². The van der Waals surface area contributed by atoms with Crippen LogP contribution in [-0.4, -0.2) is 0 Å². The smallest absolute Gasteiger partial charge is 0.0620 e. The number of anilines is 2. The standard InChI is InChI=1S/C22H22N2/c1-22(18-12-6-3-7-13-18)16-21(17-10-4-2-5-11-17)23-19-14-8-9-15-20(19)24-22/h2-15,21,23-24H,16H2,1H3/t21-,22+/m0/s1. The highest BCUT2D eigenvalue weighted by Crippen LogP contribution is 2.42. The topological polar surface area (TPSA) is 24.1 Å². The van der Waals surface area contributed by atoms with Crippen LogP contribution in [-0.2, 0) is 5.54 Å². The third-order valence-electron chi connectivity index (χ3n) is 4.89. The van der Waals surface area contributed by atoms with Crippen LogP contribution in [0.2, 0.25) is 0 Å². The fraction of sp³-hybridized carbons (Fsp3) is 0.182. The lowest BCUT2D eigenvalue weighted by atomic mass is 9.84. The molecule has 1 aliphatic rings. The Hall–Kier alpha value is -2.74. The zero-order valence-corrected chi connectivity index (χ0v) is 13.9. The van der Waals surface area contributed by atoms with Gasteiger partial charge in [-0.1, -0.05) is 72.8 Å². The lowest BCUT2D eigenvalue weighted by Gasteiger charge is -2.33. The second-order valence-corrected chi connectivity index (χ2v) is 6.68. The molecule has 0 unspecified atom stereocenters. The number of hydrogen-bond donors (Lipinski definition) is 2. The Balaban J connectivity index is 1.81. The van der Waals surface area contributed by atoms with Gasteiger partial charge in [0, 0.05) is 0 Å². The molecule has 0 fully saturated rings. The van der Waals surface area contributed by atoms with Gasteiger partial charge in [0.2, 0.25) is 0 Å². The molecular formula is C22H22N2. The summed E-state index contributed by atoms with van der Waals surface area (Å²) < 4.78 is 0. The minimum atomic E-state index is -0.138. The van der Waals surface area contributed by atoms with Gasteiger partial charge in [0.25, 0.3) is 0 Å². The SMILES string of the molecule is C[C@]1(c2ccccc2)C[C@@H](c2ccccc2)Nc2ccccc2N1. The summed E-state index contributed by atoms with van der Waals surface area (Å²) in [5.74, 6) is 0. The van der Waals surface area contributed by atoms with Gasteiger partial charge < -0.3 is 10.6 Å². The highest BCUT2D eigenvalue weighted by molar-refractivity contribution is 5.71. The predicted molar refractivity (Wildman–Crippen MR) is 101 cm³/mol. The molecule has 0 aliphatic carbocycles. The van der Waals surface area contributed by atoms with E-state index < -0.39 is 0 Å². The molecule has 0 saturated heterocycles. The van der Waals surface area contributed by atoms with Gasteiger partial charge in [-0.25, -0.2) is 0 Å². The summed E-state index contributed by atoms with van der Waals surface area (Å²) in [4.78, 5) is 0. The van der Waals surface area contributed by atoms with Crippen molar-refractivity contribution in [2.45, 2.75) is 24.9 Å². The monoisotopic (exact) mass is 314 g/mol. The maximum atomic E-state index is 3.79. The average molecular weight is 314 g/mol. The average Bonchev–Trinajstić information content (AvgIpc) is 2.80. The largest absolute Gasteiger partial charge is 0.376 e. The summed E-state index contributed by atoms with van der Waals surface area (Å²) in [6.45, 7) is 2.29. The van der Waals surface area contributed by atoms with Crippen molar-refractivity contribution in [3.8, 4) is 0 Å². The molecule has 0 amide bonds. The van der Waals surface area contributed by atoms with Gasteiger partial charge in [-0.15, -0.1) is 0 Å². The van der Waals surface area contributed by atoms with E-state index in [1.54, 1.807) is 0 Å². The quantitative estimate of drug-likeness (QED) is 0.646. The van der Waals surface area contributed by atoms with Crippen LogP contribution in [0.25, 0.3) is 0 Å². The summed E-state index contributed by atoms with van der Waals surface area (Å²) in [5, 5.41) is 7.53. The molecule has 0 bridgehead atoms.